The number of methoxy groups -OCH3 is 1. The van der Waals surface area contributed by atoms with Gasteiger partial charge in [-0.25, -0.2) is 0 Å². The summed E-state index contributed by atoms with van der Waals surface area (Å²) in [7, 11) is 3.41. The summed E-state index contributed by atoms with van der Waals surface area (Å²) in [4.78, 5) is 13.5. The van der Waals surface area contributed by atoms with Gasteiger partial charge in [0.1, 0.15) is 5.75 Å². The van der Waals surface area contributed by atoms with Crippen LogP contribution in [-0.4, -0.2) is 36.7 Å². The molecule has 0 bridgehead atoms. The van der Waals surface area contributed by atoms with Gasteiger partial charge in [0.05, 0.1) is 7.11 Å². The molecule has 0 atom stereocenters. The first-order chi connectivity index (χ1) is 8.69. The van der Waals surface area contributed by atoms with Crippen LogP contribution in [0.1, 0.15) is 24.8 Å². The molecule has 0 aromatic heterocycles. The Morgan fingerprint density at radius 1 is 1.33 bits per heavy atom. The Hall–Kier alpha value is -1.55. The largest absolute Gasteiger partial charge is 0.496 e. The maximum atomic E-state index is 11.8. The van der Waals surface area contributed by atoms with E-state index >= 15 is 0 Å². The van der Waals surface area contributed by atoms with Crippen molar-refractivity contribution >= 4 is 5.91 Å². The average Bonchev–Trinajstić information content (AvgIpc) is 2.39. The average molecular weight is 251 g/mol. The van der Waals surface area contributed by atoms with E-state index in [0.29, 0.717) is 19.4 Å². The molecule has 0 saturated heterocycles. The van der Waals surface area contributed by atoms with Gasteiger partial charge in [-0.3, -0.25) is 4.79 Å². The van der Waals surface area contributed by atoms with Crippen molar-refractivity contribution in [2.24, 2.45) is 0 Å². The lowest BCUT2D eigenvalue weighted by atomic mass is 10.1. The van der Waals surface area contributed by atoms with Crippen LogP contribution in [0.5, 0.6) is 5.75 Å². The molecule has 0 aliphatic heterocycles. The topological polar surface area (TPSA) is 49.8 Å². The van der Waals surface area contributed by atoms with Crippen molar-refractivity contribution in [2.75, 3.05) is 20.8 Å². The first kappa shape index (κ1) is 14.5. The first-order valence-electron chi connectivity index (χ1n) is 6.15. The van der Waals surface area contributed by atoms with Gasteiger partial charge in [0.15, 0.2) is 0 Å². The van der Waals surface area contributed by atoms with Gasteiger partial charge >= 0.3 is 0 Å². The third kappa shape index (κ3) is 4.37. The summed E-state index contributed by atoms with van der Waals surface area (Å²) in [6.07, 6.45) is 1.88. The number of unbranched alkanes of at least 4 members (excludes halogenated alkanes) is 1. The number of aliphatic hydroxyl groups is 1. The molecule has 1 rings (SSSR count). The summed E-state index contributed by atoms with van der Waals surface area (Å²) in [5.41, 5.74) is 0.998. The minimum Gasteiger partial charge on any atom is -0.496 e. The highest BCUT2D eigenvalue weighted by molar-refractivity contribution is 5.75. The fraction of sp³-hybridized carbons (Fsp3) is 0.500. The molecule has 18 heavy (non-hydrogen) atoms. The highest BCUT2D eigenvalue weighted by atomic mass is 16.5. The second-order valence-corrected chi connectivity index (χ2v) is 4.24. The molecule has 0 aliphatic rings. The van der Waals surface area contributed by atoms with Gasteiger partial charge in [-0.05, 0) is 18.9 Å². The monoisotopic (exact) mass is 251 g/mol. The van der Waals surface area contributed by atoms with E-state index in [9.17, 15) is 4.79 Å². The van der Waals surface area contributed by atoms with Gasteiger partial charge in [0, 0.05) is 32.2 Å². The fourth-order valence-electron chi connectivity index (χ4n) is 1.76. The van der Waals surface area contributed by atoms with Crippen LogP contribution >= 0.6 is 0 Å². The van der Waals surface area contributed by atoms with Crippen LogP contribution in [0.25, 0.3) is 0 Å². The molecule has 1 N–H and O–H groups in total. The number of benzene rings is 1. The number of ether oxygens (including phenoxy) is 1. The molecule has 0 radical (unpaired) electrons. The third-order valence-corrected chi connectivity index (χ3v) is 2.82. The fourth-order valence-corrected chi connectivity index (χ4v) is 1.76. The Bertz CT molecular complexity index is 379. The van der Waals surface area contributed by atoms with Gasteiger partial charge in [0.25, 0.3) is 0 Å². The molecular weight excluding hydrogens is 230 g/mol. The molecule has 1 amide bonds. The second-order valence-electron chi connectivity index (χ2n) is 4.24. The van der Waals surface area contributed by atoms with Crippen molar-refractivity contribution in [3.05, 3.63) is 29.8 Å². The van der Waals surface area contributed by atoms with E-state index in [4.69, 9.17) is 9.84 Å². The molecule has 1 aromatic carbocycles. The number of hydrogen-bond donors (Lipinski definition) is 1. The predicted octanol–water partition coefficient (Wildman–Crippen LogP) is 1.82. The molecule has 0 fully saturated rings. The van der Waals surface area contributed by atoms with Crippen LogP contribution in [0.15, 0.2) is 24.3 Å². The van der Waals surface area contributed by atoms with Crippen LogP contribution in [-0.2, 0) is 11.3 Å². The number of amides is 1. The maximum Gasteiger partial charge on any atom is 0.222 e. The number of nitrogens with zero attached hydrogens (tertiary/aromatic N) is 1. The van der Waals surface area contributed by atoms with Crippen LogP contribution in [0.3, 0.4) is 0 Å². The van der Waals surface area contributed by atoms with Gasteiger partial charge in [-0.2, -0.15) is 0 Å². The molecule has 1 aromatic rings. The van der Waals surface area contributed by atoms with E-state index in [0.717, 1.165) is 17.7 Å². The Morgan fingerprint density at radius 3 is 2.72 bits per heavy atom. The summed E-state index contributed by atoms with van der Waals surface area (Å²) >= 11 is 0. The van der Waals surface area contributed by atoms with E-state index in [1.165, 1.54) is 0 Å². The molecule has 4 nitrogen and oxygen atoms in total. The van der Waals surface area contributed by atoms with Crippen molar-refractivity contribution in [3.8, 4) is 5.75 Å². The smallest absolute Gasteiger partial charge is 0.222 e. The third-order valence-electron chi connectivity index (χ3n) is 2.82. The van der Waals surface area contributed by atoms with Crippen LogP contribution in [0.4, 0.5) is 0 Å². The van der Waals surface area contributed by atoms with E-state index in [-0.39, 0.29) is 12.5 Å². The Morgan fingerprint density at radius 2 is 2.06 bits per heavy atom. The van der Waals surface area contributed by atoms with Gasteiger partial charge in [0.2, 0.25) is 5.91 Å². The first-order valence-corrected chi connectivity index (χ1v) is 6.15. The van der Waals surface area contributed by atoms with Crippen molar-refractivity contribution < 1.29 is 14.6 Å². The lowest BCUT2D eigenvalue weighted by molar-refractivity contribution is -0.130. The van der Waals surface area contributed by atoms with Crippen LogP contribution in [0, 0.1) is 0 Å². The summed E-state index contributed by atoms with van der Waals surface area (Å²) in [5.74, 6) is 0.891. The van der Waals surface area contributed by atoms with Crippen molar-refractivity contribution in [1.82, 2.24) is 4.90 Å². The van der Waals surface area contributed by atoms with E-state index in [1.54, 1.807) is 19.1 Å². The Kier molecular flexibility index (Phi) is 6.22. The zero-order chi connectivity index (χ0) is 13.4. The summed E-state index contributed by atoms with van der Waals surface area (Å²) in [6, 6.07) is 7.68. The SMILES string of the molecule is COc1ccccc1CN(C)C(=O)CCCCO. The van der Waals surface area contributed by atoms with Crippen LogP contribution in [0.2, 0.25) is 0 Å². The number of aliphatic hydroxyl groups excluding tert-OH is 1. The quantitative estimate of drug-likeness (QED) is 0.752. The maximum absolute atomic E-state index is 11.8. The summed E-state index contributed by atoms with van der Waals surface area (Å²) in [6.45, 7) is 0.686. The van der Waals surface area contributed by atoms with Crippen molar-refractivity contribution in [3.63, 3.8) is 0 Å². The second kappa shape index (κ2) is 7.71. The van der Waals surface area contributed by atoms with Crippen LogP contribution < -0.4 is 4.74 Å². The van der Waals surface area contributed by atoms with Gasteiger partial charge in [-0.15, -0.1) is 0 Å². The highest BCUT2D eigenvalue weighted by Gasteiger charge is 2.11. The molecule has 0 saturated carbocycles. The molecule has 100 valence electrons. The molecular formula is C14H21NO3. The Balaban J connectivity index is 2.52. The zero-order valence-corrected chi connectivity index (χ0v) is 11.1. The number of carbonyl (C=O) groups excluding carboxylic acids is 1. The van der Waals surface area contributed by atoms with E-state index in [2.05, 4.69) is 0 Å². The van der Waals surface area contributed by atoms with E-state index < -0.39 is 0 Å². The number of rotatable bonds is 7. The summed E-state index contributed by atoms with van der Waals surface area (Å²) < 4.78 is 5.25. The lowest BCUT2D eigenvalue weighted by Crippen LogP contribution is -2.26. The minimum absolute atomic E-state index is 0.0920. The lowest BCUT2D eigenvalue weighted by Gasteiger charge is -2.18. The van der Waals surface area contributed by atoms with Gasteiger partial charge in [-0.1, -0.05) is 18.2 Å². The molecule has 4 heteroatoms. The number of hydrogen-bond acceptors (Lipinski definition) is 3. The zero-order valence-electron chi connectivity index (χ0n) is 11.1. The van der Waals surface area contributed by atoms with Crippen molar-refractivity contribution in [2.45, 2.75) is 25.8 Å². The standard InChI is InChI=1S/C14H21NO3/c1-15(14(17)9-5-6-10-16)11-12-7-3-4-8-13(12)18-2/h3-4,7-8,16H,5-6,9-11H2,1-2H3. The van der Waals surface area contributed by atoms with Gasteiger partial charge < -0.3 is 14.7 Å². The number of para-hydroxylation sites is 1. The minimum atomic E-state index is 0.0920. The molecule has 0 unspecified atom stereocenters. The number of carbonyl (C=O) groups is 1. The van der Waals surface area contributed by atoms with E-state index in [1.807, 2.05) is 24.3 Å². The predicted molar refractivity (Wildman–Crippen MR) is 70.4 cm³/mol. The van der Waals surface area contributed by atoms with Crippen molar-refractivity contribution in [1.29, 1.82) is 0 Å². The molecule has 0 aliphatic carbocycles. The molecule has 0 spiro atoms. The molecule has 0 heterocycles. The highest BCUT2D eigenvalue weighted by Crippen LogP contribution is 2.19. The normalized spacial score (nSPS) is 10.2. The Labute approximate surface area is 108 Å². The summed E-state index contributed by atoms with van der Waals surface area (Å²) in [5, 5.41) is 8.68.